The fraction of sp³-hybridized carbons (Fsp3) is 0.250. The van der Waals surface area contributed by atoms with Crippen LogP contribution in [0.5, 0.6) is 5.75 Å². The molecule has 4 nitrogen and oxygen atoms in total. The number of aromatic nitrogens is 1. The Balaban J connectivity index is 0.00000242. The summed E-state index contributed by atoms with van der Waals surface area (Å²) >= 11 is 6.17. The number of benzene rings is 1. The summed E-state index contributed by atoms with van der Waals surface area (Å²) < 4.78 is 5.44. The van der Waals surface area contributed by atoms with E-state index in [1.54, 1.807) is 24.5 Å². The Morgan fingerprint density at radius 1 is 1.32 bits per heavy atom. The lowest BCUT2D eigenvalue weighted by molar-refractivity contribution is 0.0951. The molecule has 0 bridgehead atoms. The van der Waals surface area contributed by atoms with Crippen LogP contribution in [0.1, 0.15) is 28.4 Å². The molecule has 0 aliphatic heterocycles. The zero-order chi connectivity index (χ0) is 15.2. The van der Waals surface area contributed by atoms with Crippen LogP contribution in [0.2, 0.25) is 5.02 Å². The number of hydrogen-bond acceptors (Lipinski definition) is 3. The molecule has 0 unspecified atom stereocenters. The van der Waals surface area contributed by atoms with Gasteiger partial charge in [0.15, 0.2) is 0 Å². The maximum Gasteiger partial charge on any atom is 0.251 e. The third-order valence-corrected chi connectivity index (χ3v) is 3.37. The Morgan fingerprint density at radius 2 is 2.00 bits per heavy atom. The van der Waals surface area contributed by atoms with Gasteiger partial charge in [0, 0.05) is 24.5 Å². The maximum absolute atomic E-state index is 12.0. The molecule has 2 aromatic rings. The molecule has 1 aromatic heterocycles. The van der Waals surface area contributed by atoms with E-state index >= 15 is 0 Å². The predicted octanol–water partition coefficient (Wildman–Crippen LogP) is 3.79. The third-order valence-electron chi connectivity index (χ3n) is 3.07. The normalized spacial score (nSPS) is 9.77. The molecule has 0 spiro atoms. The fourth-order valence-electron chi connectivity index (χ4n) is 1.93. The highest BCUT2D eigenvalue weighted by Crippen LogP contribution is 2.28. The average molecular weight is 341 g/mol. The second kappa shape index (κ2) is 8.61. The minimum atomic E-state index is -0.137. The monoisotopic (exact) mass is 340 g/mol. The Morgan fingerprint density at radius 3 is 2.64 bits per heavy atom. The van der Waals surface area contributed by atoms with Crippen LogP contribution in [0.15, 0.2) is 36.7 Å². The number of nitrogens with one attached hydrogen (secondary N) is 1. The van der Waals surface area contributed by atoms with E-state index in [1.807, 2.05) is 26.0 Å². The molecule has 6 heteroatoms. The molecule has 0 saturated heterocycles. The standard InChI is InChI=1S/C16H17ClN2O2.ClH/c1-3-21-15-8-11(2)13(9-14(15)17)10-19-16(20)12-4-6-18-7-5-12;/h4-9H,3,10H2,1-2H3,(H,19,20);1H. The topological polar surface area (TPSA) is 51.2 Å². The zero-order valence-electron chi connectivity index (χ0n) is 12.4. The van der Waals surface area contributed by atoms with Crippen LogP contribution >= 0.6 is 24.0 Å². The van der Waals surface area contributed by atoms with Crippen LogP contribution in [0, 0.1) is 6.92 Å². The Bertz CT molecular complexity index is 634. The van der Waals surface area contributed by atoms with Crippen molar-refractivity contribution in [1.82, 2.24) is 10.3 Å². The molecule has 1 heterocycles. The lowest BCUT2D eigenvalue weighted by atomic mass is 10.1. The van der Waals surface area contributed by atoms with Gasteiger partial charge in [-0.2, -0.15) is 0 Å². The van der Waals surface area contributed by atoms with Crippen molar-refractivity contribution >= 4 is 29.9 Å². The van der Waals surface area contributed by atoms with Gasteiger partial charge in [-0.1, -0.05) is 11.6 Å². The van der Waals surface area contributed by atoms with Gasteiger partial charge in [-0.05, 0) is 49.2 Å². The van der Waals surface area contributed by atoms with E-state index in [9.17, 15) is 4.79 Å². The quantitative estimate of drug-likeness (QED) is 0.900. The number of halogens is 2. The minimum Gasteiger partial charge on any atom is -0.492 e. The van der Waals surface area contributed by atoms with Crippen molar-refractivity contribution in [1.29, 1.82) is 0 Å². The number of ether oxygens (including phenoxy) is 1. The van der Waals surface area contributed by atoms with Crippen LogP contribution in [-0.2, 0) is 6.54 Å². The molecule has 1 amide bonds. The number of pyridine rings is 1. The molecular formula is C16H18Cl2N2O2. The predicted molar refractivity (Wildman–Crippen MR) is 90.0 cm³/mol. The summed E-state index contributed by atoms with van der Waals surface area (Å²) in [4.78, 5) is 15.9. The van der Waals surface area contributed by atoms with Gasteiger partial charge in [0.2, 0.25) is 0 Å². The number of hydrogen-bond donors (Lipinski definition) is 1. The van der Waals surface area contributed by atoms with Crippen molar-refractivity contribution in [3.8, 4) is 5.75 Å². The van der Waals surface area contributed by atoms with Gasteiger partial charge in [-0.15, -0.1) is 12.4 Å². The van der Waals surface area contributed by atoms with Gasteiger partial charge in [-0.3, -0.25) is 9.78 Å². The van der Waals surface area contributed by atoms with E-state index in [-0.39, 0.29) is 18.3 Å². The highest BCUT2D eigenvalue weighted by Gasteiger charge is 2.09. The number of carbonyl (C=O) groups excluding carboxylic acids is 1. The first kappa shape index (κ1) is 18.3. The van der Waals surface area contributed by atoms with Crippen molar-refractivity contribution in [3.63, 3.8) is 0 Å². The van der Waals surface area contributed by atoms with E-state index in [1.165, 1.54) is 0 Å². The van der Waals surface area contributed by atoms with Gasteiger partial charge < -0.3 is 10.1 Å². The van der Waals surface area contributed by atoms with Crippen LogP contribution in [0.3, 0.4) is 0 Å². The molecule has 0 fully saturated rings. The zero-order valence-corrected chi connectivity index (χ0v) is 14.0. The summed E-state index contributed by atoms with van der Waals surface area (Å²) in [6.45, 7) is 4.86. The average Bonchev–Trinajstić information content (AvgIpc) is 2.50. The fourth-order valence-corrected chi connectivity index (χ4v) is 2.17. The first-order valence-corrected chi connectivity index (χ1v) is 7.09. The van der Waals surface area contributed by atoms with Crippen molar-refractivity contribution in [2.75, 3.05) is 6.61 Å². The van der Waals surface area contributed by atoms with Crippen LogP contribution in [0.4, 0.5) is 0 Å². The van der Waals surface area contributed by atoms with E-state index < -0.39 is 0 Å². The summed E-state index contributed by atoms with van der Waals surface area (Å²) in [5.74, 6) is 0.530. The molecule has 1 N–H and O–H groups in total. The number of rotatable bonds is 5. The van der Waals surface area contributed by atoms with Gasteiger partial charge >= 0.3 is 0 Å². The first-order valence-electron chi connectivity index (χ1n) is 6.72. The summed E-state index contributed by atoms with van der Waals surface area (Å²) in [5.41, 5.74) is 2.57. The lowest BCUT2D eigenvalue weighted by Gasteiger charge is -2.12. The van der Waals surface area contributed by atoms with E-state index in [0.29, 0.717) is 29.5 Å². The molecule has 2 rings (SSSR count). The Kier molecular flexibility index (Phi) is 7.15. The van der Waals surface area contributed by atoms with Crippen LogP contribution < -0.4 is 10.1 Å². The molecule has 1 aromatic carbocycles. The second-order valence-electron chi connectivity index (χ2n) is 4.56. The molecule has 0 saturated carbocycles. The lowest BCUT2D eigenvalue weighted by Crippen LogP contribution is -2.23. The summed E-state index contributed by atoms with van der Waals surface area (Å²) in [5, 5.41) is 3.42. The molecule has 22 heavy (non-hydrogen) atoms. The molecule has 0 aliphatic carbocycles. The molecule has 0 atom stereocenters. The highest BCUT2D eigenvalue weighted by molar-refractivity contribution is 6.32. The minimum absolute atomic E-state index is 0. The van der Waals surface area contributed by atoms with Crippen molar-refractivity contribution in [2.45, 2.75) is 20.4 Å². The van der Waals surface area contributed by atoms with Crippen molar-refractivity contribution in [3.05, 3.63) is 58.4 Å². The smallest absolute Gasteiger partial charge is 0.251 e. The SMILES string of the molecule is CCOc1cc(C)c(CNC(=O)c2ccncc2)cc1Cl.Cl. The van der Waals surface area contributed by atoms with Gasteiger partial charge in [0.1, 0.15) is 5.75 Å². The van der Waals surface area contributed by atoms with Gasteiger partial charge in [0.05, 0.1) is 11.6 Å². The Labute approximate surface area is 141 Å². The molecule has 118 valence electrons. The third kappa shape index (κ3) is 4.61. The number of amides is 1. The van der Waals surface area contributed by atoms with E-state index in [4.69, 9.17) is 16.3 Å². The first-order chi connectivity index (χ1) is 10.1. The molecule has 0 radical (unpaired) electrons. The summed E-state index contributed by atoms with van der Waals surface area (Å²) in [6, 6.07) is 7.06. The van der Waals surface area contributed by atoms with Crippen molar-refractivity contribution in [2.24, 2.45) is 0 Å². The highest BCUT2D eigenvalue weighted by atomic mass is 35.5. The number of nitrogens with zero attached hydrogens (tertiary/aromatic N) is 1. The molecule has 0 aliphatic rings. The molecular weight excluding hydrogens is 323 g/mol. The van der Waals surface area contributed by atoms with Crippen molar-refractivity contribution < 1.29 is 9.53 Å². The summed E-state index contributed by atoms with van der Waals surface area (Å²) in [6.07, 6.45) is 3.18. The van der Waals surface area contributed by atoms with Crippen LogP contribution in [0.25, 0.3) is 0 Å². The summed E-state index contributed by atoms with van der Waals surface area (Å²) in [7, 11) is 0. The van der Waals surface area contributed by atoms with E-state index in [2.05, 4.69) is 10.3 Å². The second-order valence-corrected chi connectivity index (χ2v) is 4.97. The number of carbonyl (C=O) groups is 1. The van der Waals surface area contributed by atoms with E-state index in [0.717, 1.165) is 11.1 Å². The van der Waals surface area contributed by atoms with Gasteiger partial charge in [-0.25, -0.2) is 0 Å². The van der Waals surface area contributed by atoms with Gasteiger partial charge in [0.25, 0.3) is 5.91 Å². The van der Waals surface area contributed by atoms with Crippen LogP contribution in [-0.4, -0.2) is 17.5 Å². The largest absolute Gasteiger partial charge is 0.492 e. The number of aryl methyl sites for hydroxylation is 1. The Hall–Kier alpha value is -1.78. The maximum atomic E-state index is 12.0.